The molecule has 1 amide bonds. The van der Waals surface area contributed by atoms with Gasteiger partial charge < -0.3 is 4.90 Å². The van der Waals surface area contributed by atoms with E-state index in [1.54, 1.807) is 22.4 Å². The molecule has 0 spiro atoms. The van der Waals surface area contributed by atoms with Crippen LogP contribution in [0, 0.1) is 0 Å². The second-order valence-electron chi connectivity index (χ2n) is 5.90. The molecule has 25 heavy (non-hydrogen) atoms. The maximum absolute atomic E-state index is 12.8. The van der Waals surface area contributed by atoms with Crippen LogP contribution in [0.2, 0.25) is 5.02 Å². The summed E-state index contributed by atoms with van der Waals surface area (Å²) in [7, 11) is 1.82. The molecule has 0 aliphatic heterocycles. The van der Waals surface area contributed by atoms with E-state index >= 15 is 0 Å². The monoisotopic (exact) mass is 370 g/mol. The molecule has 0 bridgehead atoms. The van der Waals surface area contributed by atoms with Crippen LogP contribution in [0.4, 0.5) is 0 Å². The Morgan fingerprint density at radius 3 is 2.60 bits per heavy atom. The van der Waals surface area contributed by atoms with Crippen LogP contribution in [-0.4, -0.2) is 22.8 Å². The highest BCUT2D eigenvalue weighted by Gasteiger charge is 2.21. The number of amides is 1. The van der Waals surface area contributed by atoms with Gasteiger partial charge in [0.1, 0.15) is 5.01 Å². The Hall–Kier alpha value is -2.17. The zero-order valence-electron chi connectivity index (χ0n) is 13.9. The molecule has 0 N–H and O–H groups in total. The van der Waals surface area contributed by atoms with Gasteiger partial charge in [0.05, 0.1) is 6.54 Å². The Morgan fingerprint density at radius 2 is 1.92 bits per heavy atom. The van der Waals surface area contributed by atoms with E-state index in [-0.39, 0.29) is 11.8 Å². The summed E-state index contributed by atoms with van der Waals surface area (Å²) in [6.45, 7) is 0.535. The van der Waals surface area contributed by atoms with Crippen molar-refractivity contribution in [1.82, 2.24) is 9.88 Å². The van der Waals surface area contributed by atoms with Crippen molar-refractivity contribution in [3.05, 3.63) is 87.3 Å². The van der Waals surface area contributed by atoms with E-state index < -0.39 is 0 Å². The Morgan fingerprint density at radius 1 is 1.16 bits per heavy atom. The highest BCUT2D eigenvalue weighted by atomic mass is 35.5. The number of hydrogen-bond donors (Lipinski definition) is 0. The number of hydrogen-bond acceptors (Lipinski definition) is 3. The molecule has 3 rings (SSSR count). The van der Waals surface area contributed by atoms with Gasteiger partial charge in [-0.15, -0.1) is 11.3 Å². The summed E-state index contributed by atoms with van der Waals surface area (Å²) in [5, 5.41) is 3.55. The number of aromatic nitrogens is 1. The number of halogens is 1. The van der Waals surface area contributed by atoms with E-state index in [9.17, 15) is 4.79 Å². The standard InChI is InChI=1S/C20H19ClN2OS/c1-23(14-19-22-10-11-25-19)20(24)13-18(15-6-3-2-4-7-15)16-8-5-9-17(21)12-16/h2-12,18H,13-14H2,1H3/t18-/m1/s1. The summed E-state index contributed by atoms with van der Waals surface area (Å²) < 4.78 is 0. The summed E-state index contributed by atoms with van der Waals surface area (Å²) in [6.07, 6.45) is 2.16. The average molecular weight is 371 g/mol. The Balaban J connectivity index is 1.81. The molecule has 0 aliphatic rings. The third-order valence-corrected chi connectivity index (χ3v) is 5.11. The van der Waals surface area contributed by atoms with Gasteiger partial charge in [-0.25, -0.2) is 4.98 Å². The van der Waals surface area contributed by atoms with E-state index in [4.69, 9.17) is 11.6 Å². The number of benzene rings is 2. The lowest BCUT2D eigenvalue weighted by Crippen LogP contribution is -2.27. The van der Waals surface area contributed by atoms with Crippen LogP contribution >= 0.6 is 22.9 Å². The minimum atomic E-state index is -0.0221. The topological polar surface area (TPSA) is 33.2 Å². The zero-order chi connectivity index (χ0) is 17.6. The third kappa shape index (κ3) is 4.68. The number of nitrogens with zero attached hydrogens (tertiary/aromatic N) is 2. The third-order valence-electron chi connectivity index (χ3n) is 4.11. The molecule has 5 heteroatoms. The van der Waals surface area contributed by atoms with Gasteiger partial charge in [0.2, 0.25) is 5.91 Å². The molecule has 2 aromatic carbocycles. The highest BCUT2D eigenvalue weighted by molar-refractivity contribution is 7.09. The lowest BCUT2D eigenvalue weighted by Gasteiger charge is -2.22. The van der Waals surface area contributed by atoms with Gasteiger partial charge in [-0.2, -0.15) is 0 Å². The number of carbonyl (C=O) groups is 1. The fourth-order valence-corrected chi connectivity index (χ4v) is 3.66. The first-order chi connectivity index (χ1) is 12.1. The largest absolute Gasteiger partial charge is 0.339 e. The van der Waals surface area contributed by atoms with Crippen LogP contribution in [0.3, 0.4) is 0 Å². The van der Waals surface area contributed by atoms with Crippen LogP contribution in [0.1, 0.15) is 28.5 Å². The SMILES string of the molecule is CN(Cc1nccs1)C(=O)C[C@H](c1ccccc1)c1cccc(Cl)c1. The van der Waals surface area contributed by atoms with Crippen molar-refractivity contribution < 1.29 is 4.79 Å². The van der Waals surface area contributed by atoms with Crippen LogP contribution < -0.4 is 0 Å². The molecule has 3 aromatic rings. The maximum Gasteiger partial charge on any atom is 0.223 e. The van der Waals surface area contributed by atoms with Gasteiger partial charge in [0, 0.05) is 36.0 Å². The lowest BCUT2D eigenvalue weighted by atomic mass is 9.88. The van der Waals surface area contributed by atoms with Gasteiger partial charge in [-0.3, -0.25) is 4.79 Å². The van der Waals surface area contributed by atoms with E-state index in [0.717, 1.165) is 16.1 Å². The fraction of sp³-hybridized carbons (Fsp3) is 0.200. The molecule has 3 nitrogen and oxygen atoms in total. The van der Waals surface area contributed by atoms with Gasteiger partial charge in [-0.05, 0) is 23.3 Å². The predicted molar refractivity (Wildman–Crippen MR) is 103 cm³/mol. The summed E-state index contributed by atoms with van der Waals surface area (Å²) in [4.78, 5) is 18.8. The molecule has 0 saturated heterocycles. The van der Waals surface area contributed by atoms with Gasteiger partial charge >= 0.3 is 0 Å². The predicted octanol–water partition coefficient (Wildman–Crippen LogP) is 4.98. The Bertz CT molecular complexity index is 821. The zero-order valence-corrected chi connectivity index (χ0v) is 15.5. The first-order valence-electron chi connectivity index (χ1n) is 8.06. The second-order valence-corrected chi connectivity index (χ2v) is 7.31. The molecule has 0 radical (unpaired) electrons. The normalized spacial score (nSPS) is 11.9. The molecule has 128 valence electrons. The molecular formula is C20H19ClN2OS. The molecule has 0 unspecified atom stereocenters. The quantitative estimate of drug-likeness (QED) is 0.613. The smallest absolute Gasteiger partial charge is 0.223 e. The second kappa shape index (κ2) is 8.28. The van der Waals surface area contributed by atoms with Crippen molar-refractivity contribution in [1.29, 1.82) is 0 Å². The Kier molecular flexibility index (Phi) is 5.84. The van der Waals surface area contributed by atoms with Crippen molar-refractivity contribution in [3.63, 3.8) is 0 Å². The van der Waals surface area contributed by atoms with Gasteiger partial charge in [0.15, 0.2) is 0 Å². The summed E-state index contributed by atoms with van der Waals surface area (Å²) in [6, 6.07) is 17.8. The molecule has 1 aromatic heterocycles. The molecule has 0 saturated carbocycles. The van der Waals surface area contributed by atoms with E-state index in [1.165, 1.54) is 0 Å². The molecule has 0 fully saturated rings. The van der Waals surface area contributed by atoms with Crippen LogP contribution in [0.15, 0.2) is 66.2 Å². The highest BCUT2D eigenvalue weighted by Crippen LogP contribution is 2.30. The fourth-order valence-electron chi connectivity index (χ4n) is 2.79. The number of rotatable bonds is 6. The van der Waals surface area contributed by atoms with Crippen LogP contribution in [0.5, 0.6) is 0 Å². The van der Waals surface area contributed by atoms with Gasteiger partial charge in [0.25, 0.3) is 0 Å². The minimum Gasteiger partial charge on any atom is -0.339 e. The van der Waals surface area contributed by atoms with Crippen molar-refractivity contribution in [3.8, 4) is 0 Å². The average Bonchev–Trinajstić information content (AvgIpc) is 3.13. The number of thiazole rings is 1. The number of carbonyl (C=O) groups excluding carboxylic acids is 1. The van der Waals surface area contributed by atoms with Crippen LogP contribution in [0.25, 0.3) is 0 Å². The van der Waals surface area contributed by atoms with E-state index in [1.807, 2.05) is 54.9 Å². The summed E-state index contributed by atoms with van der Waals surface area (Å²) >= 11 is 7.73. The first-order valence-corrected chi connectivity index (χ1v) is 9.32. The minimum absolute atomic E-state index is 0.0221. The van der Waals surface area contributed by atoms with Crippen molar-refractivity contribution in [2.75, 3.05) is 7.05 Å². The molecule has 1 atom stereocenters. The lowest BCUT2D eigenvalue weighted by molar-refractivity contribution is -0.130. The Labute approximate surface area is 156 Å². The molecule has 0 aliphatic carbocycles. The van der Waals surface area contributed by atoms with E-state index in [0.29, 0.717) is 18.0 Å². The van der Waals surface area contributed by atoms with Crippen molar-refractivity contribution in [2.45, 2.75) is 18.9 Å². The van der Waals surface area contributed by atoms with E-state index in [2.05, 4.69) is 17.1 Å². The van der Waals surface area contributed by atoms with Crippen molar-refractivity contribution >= 4 is 28.8 Å². The summed E-state index contributed by atoms with van der Waals surface area (Å²) in [5.74, 6) is 0.0650. The molecular weight excluding hydrogens is 352 g/mol. The first kappa shape index (κ1) is 17.6. The molecule has 1 heterocycles. The van der Waals surface area contributed by atoms with Gasteiger partial charge in [-0.1, -0.05) is 54.1 Å². The van der Waals surface area contributed by atoms with Crippen molar-refractivity contribution in [2.24, 2.45) is 0 Å². The van der Waals surface area contributed by atoms with Crippen LogP contribution in [-0.2, 0) is 11.3 Å². The maximum atomic E-state index is 12.8. The summed E-state index contributed by atoms with van der Waals surface area (Å²) in [5.41, 5.74) is 2.16.